The fourth-order valence-corrected chi connectivity index (χ4v) is 1.42. The summed E-state index contributed by atoms with van der Waals surface area (Å²) in [6.07, 6.45) is 4.73. The summed E-state index contributed by atoms with van der Waals surface area (Å²) in [5.41, 5.74) is 0. The third kappa shape index (κ3) is 10.0. The van der Waals surface area contributed by atoms with Gasteiger partial charge in [0.2, 0.25) is 0 Å². The van der Waals surface area contributed by atoms with E-state index >= 15 is 0 Å². The van der Waals surface area contributed by atoms with Gasteiger partial charge >= 0.3 is 5.97 Å². The van der Waals surface area contributed by atoms with Crippen LogP contribution in [0.1, 0.15) is 46.0 Å². The minimum absolute atomic E-state index is 0.0415. The Bertz CT molecular complexity index is 146. The Balaban J connectivity index is 3.20. The molecule has 0 bridgehead atoms. The van der Waals surface area contributed by atoms with Crippen LogP contribution in [0, 0.1) is 5.92 Å². The van der Waals surface area contributed by atoms with Crippen molar-refractivity contribution in [2.45, 2.75) is 46.0 Å². The van der Waals surface area contributed by atoms with Crippen LogP contribution in [0.15, 0.2) is 0 Å². The van der Waals surface area contributed by atoms with Gasteiger partial charge in [-0.15, -0.1) is 0 Å². The van der Waals surface area contributed by atoms with Gasteiger partial charge in [-0.2, -0.15) is 0 Å². The van der Waals surface area contributed by atoms with E-state index in [2.05, 4.69) is 29.8 Å². The Morgan fingerprint density at radius 1 is 1.29 bits per heavy atom. The van der Waals surface area contributed by atoms with Gasteiger partial charge in [-0.3, -0.25) is 4.79 Å². The molecule has 2 nitrogen and oxygen atoms in total. The third-order valence-corrected chi connectivity index (χ3v) is 2.53. The monoisotopic (exact) mass is 264 g/mol. The molecule has 84 valence electrons. The molecule has 0 aromatic heterocycles. The highest BCUT2D eigenvalue weighted by Crippen LogP contribution is 2.04. The van der Waals surface area contributed by atoms with Crippen molar-refractivity contribution >= 4 is 21.9 Å². The number of ether oxygens (including phenoxy) is 1. The van der Waals surface area contributed by atoms with E-state index in [9.17, 15) is 4.79 Å². The SMILES string of the molecule is CC(C)CCOC(=O)CCCCCBr. The summed E-state index contributed by atoms with van der Waals surface area (Å²) < 4.78 is 5.08. The van der Waals surface area contributed by atoms with E-state index < -0.39 is 0 Å². The molecule has 0 unspecified atom stereocenters. The molecule has 0 atom stereocenters. The lowest BCUT2D eigenvalue weighted by Crippen LogP contribution is -2.07. The molecule has 0 amide bonds. The van der Waals surface area contributed by atoms with Crippen LogP contribution in [0.5, 0.6) is 0 Å². The van der Waals surface area contributed by atoms with Crippen LogP contribution in [-0.4, -0.2) is 17.9 Å². The highest BCUT2D eigenvalue weighted by Gasteiger charge is 2.02. The molecular formula is C11H21BrO2. The average molecular weight is 265 g/mol. The molecule has 0 aliphatic heterocycles. The van der Waals surface area contributed by atoms with Gasteiger partial charge in [-0.25, -0.2) is 0 Å². The molecule has 14 heavy (non-hydrogen) atoms. The predicted molar refractivity (Wildman–Crippen MR) is 62.7 cm³/mol. The maximum Gasteiger partial charge on any atom is 0.305 e. The minimum atomic E-state index is -0.0415. The molecule has 0 aromatic carbocycles. The number of alkyl halides is 1. The second kappa shape index (κ2) is 9.50. The van der Waals surface area contributed by atoms with E-state index in [1.807, 2.05) is 0 Å². The van der Waals surface area contributed by atoms with Gasteiger partial charge in [0.05, 0.1) is 6.61 Å². The van der Waals surface area contributed by atoms with Crippen molar-refractivity contribution in [1.29, 1.82) is 0 Å². The molecule has 0 saturated heterocycles. The molecule has 0 spiro atoms. The van der Waals surface area contributed by atoms with Crippen molar-refractivity contribution in [3.05, 3.63) is 0 Å². The normalized spacial score (nSPS) is 10.6. The molecule has 0 aliphatic carbocycles. The maximum absolute atomic E-state index is 11.2. The van der Waals surface area contributed by atoms with Crippen molar-refractivity contribution in [2.24, 2.45) is 5.92 Å². The molecule has 0 fully saturated rings. The van der Waals surface area contributed by atoms with Gasteiger partial charge < -0.3 is 4.74 Å². The van der Waals surface area contributed by atoms with Gasteiger partial charge in [0.15, 0.2) is 0 Å². The zero-order chi connectivity index (χ0) is 10.8. The van der Waals surface area contributed by atoms with Gasteiger partial charge in [-0.05, 0) is 25.2 Å². The minimum Gasteiger partial charge on any atom is -0.466 e. The summed E-state index contributed by atoms with van der Waals surface area (Å²) in [5.74, 6) is 0.566. The van der Waals surface area contributed by atoms with Gasteiger partial charge in [0, 0.05) is 11.8 Å². The number of rotatable bonds is 8. The summed E-state index contributed by atoms with van der Waals surface area (Å²) >= 11 is 3.36. The number of hydrogen-bond acceptors (Lipinski definition) is 2. The number of carbonyl (C=O) groups excluding carboxylic acids is 1. The Morgan fingerprint density at radius 2 is 2.00 bits per heavy atom. The zero-order valence-electron chi connectivity index (χ0n) is 9.22. The van der Waals surface area contributed by atoms with E-state index in [-0.39, 0.29) is 5.97 Å². The Hall–Kier alpha value is -0.0500. The smallest absolute Gasteiger partial charge is 0.305 e. The van der Waals surface area contributed by atoms with Crippen molar-refractivity contribution in [1.82, 2.24) is 0 Å². The van der Waals surface area contributed by atoms with Gasteiger partial charge in [-0.1, -0.05) is 36.2 Å². The number of unbranched alkanes of at least 4 members (excludes halogenated alkanes) is 2. The first kappa shape index (κ1) is 13.9. The largest absolute Gasteiger partial charge is 0.466 e. The van der Waals surface area contributed by atoms with Crippen LogP contribution in [-0.2, 0) is 9.53 Å². The predicted octanol–water partition coefficient (Wildman–Crippen LogP) is 3.53. The van der Waals surface area contributed by atoms with E-state index in [1.165, 1.54) is 0 Å². The zero-order valence-corrected chi connectivity index (χ0v) is 10.8. The van der Waals surface area contributed by atoms with E-state index in [4.69, 9.17) is 4.74 Å². The Morgan fingerprint density at radius 3 is 2.57 bits per heavy atom. The molecule has 0 aromatic rings. The van der Waals surface area contributed by atoms with Crippen LogP contribution in [0.4, 0.5) is 0 Å². The summed E-state index contributed by atoms with van der Waals surface area (Å²) in [4.78, 5) is 11.2. The lowest BCUT2D eigenvalue weighted by atomic mass is 10.1. The Kier molecular flexibility index (Phi) is 9.47. The lowest BCUT2D eigenvalue weighted by molar-refractivity contribution is -0.144. The molecular weight excluding hydrogens is 244 g/mol. The third-order valence-electron chi connectivity index (χ3n) is 1.97. The summed E-state index contributed by atoms with van der Waals surface area (Å²) in [5, 5.41) is 1.02. The lowest BCUT2D eigenvalue weighted by Gasteiger charge is -2.06. The van der Waals surface area contributed by atoms with Crippen LogP contribution in [0.2, 0.25) is 0 Å². The van der Waals surface area contributed by atoms with E-state index in [0.717, 1.165) is 31.0 Å². The molecule has 0 saturated carbocycles. The molecule has 0 rings (SSSR count). The summed E-state index contributed by atoms with van der Waals surface area (Å²) in [6, 6.07) is 0. The summed E-state index contributed by atoms with van der Waals surface area (Å²) in [6.45, 7) is 4.84. The fraction of sp³-hybridized carbons (Fsp3) is 0.909. The van der Waals surface area contributed by atoms with Crippen molar-refractivity contribution in [3.63, 3.8) is 0 Å². The molecule has 0 N–H and O–H groups in total. The first-order chi connectivity index (χ1) is 6.66. The Labute approximate surface area is 95.5 Å². The summed E-state index contributed by atoms with van der Waals surface area (Å²) in [7, 11) is 0. The number of hydrogen-bond donors (Lipinski definition) is 0. The van der Waals surface area contributed by atoms with Crippen LogP contribution >= 0.6 is 15.9 Å². The molecule has 0 radical (unpaired) electrons. The molecule has 3 heteroatoms. The fourth-order valence-electron chi connectivity index (χ4n) is 1.02. The van der Waals surface area contributed by atoms with Gasteiger partial charge in [0.1, 0.15) is 0 Å². The number of esters is 1. The van der Waals surface area contributed by atoms with Crippen LogP contribution in [0.3, 0.4) is 0 Å². The standard InChI is InChI=1S/C11H21BrO2/c1-10(2)7-9-14-11(13)6-4-3-5-8-12/h10H,3-9H2,1-2H3. The van der Waals surface area contributed by atoms with E-state index in [1.54, 1.807) is 0 Å². The van der Waals surface area contributed by atoms with Crippen molar-refractivity contribution in [2.75, 3.05) is 11.9 Å². The molecule has 0 aliphatic rings. The maximum atomic E-state index is 11.2. The van der Waals surface area contributed by atoms with E-state index in [0.29, 0.717) is 18.9 Å². The van der Waals surface area contributed by atoms with Gasteiger partial charge in [0.25, 0.3) is 0 Å². The highest BCUT2D eigenvalue weighted by atomic mass is 79.9. The topological polar surface area (TPSA) is 26.3 Å². The second-order valence-electron chi connectivity index (χ2n) is 3.90. The van der Waals surface area contributed by atoms with Crippen molar-refractivity contribution < 1.29 is 9.53 Å². The second-order valence-corrected chi connectivity index (χ2v) is 4.70. The molecule has 0 heterocycles. The van der Waals surface area contributed by atoms with Crippen LogP contribution in [0.25, 0.3) is 0 Å². The number of halogens is 1. The van der Waals surface area contributed by atoms with Crippen molar-refractivity contribution in [3.8, 4) is 0 Å². The average Bonchev–Trinajstić information content (AvgIpc) is 2.12. The number of carbonyl (C=O) groups is 1. The quantitative estimate of drug-likeness (QED) is 0.381. The highest BCUT2D eigenvalue weighted by molar-refractivity contribution is 9.09. The first-order valence-electron chi connectivity index (χ1n) is 5.38. The first-order valence-corrected chi connectivity index (χ1v) is 6.50. The van der Waals surface area contributed by atoms with Crippen LogP contribution < -0.4 is 0 Å².